The lowest BCUT2D eigenvalue weighted by atomic mass is 10.2. The normalized spacial score (nSPS) is 17.5. The summed E-state index contributed by atoms with van der Waals surface area (Å²) in [6, 6.07) is 0.628. The molecule has 6 heteroatoms. The molecule has 100 valence electrons. The van der Waals surface area contributed by atoms with E-state index >= 15 is 0 Å². The maximum Gasteiger partial charge on any atom is 0.189 e. The highest BCUT2D eigenvalue weighted by Crippen LogP contribution is 2.26. The number of rotatable bonds is 3. The number of anilines is 1. The molecular formula is C12H19BrN4S. The summed E-state index contributed by atoms with van der Waals surface area (Å²) in [5.41, 5.74) is 0. The Hall–Kier alpha value is -0.330. The van der Waals surface area contributed by atoms with Crippen LogP contribution < -0.4 is 4.90 Å². The molecule has 0 N–H and O–H groups in total. The Bertz CT molecular complexity index is 405. The number of piperazine rings is 1. The minimum absolute atomic E-state index is 0.628. The second-order valence-corrected chi connectivity index (χ2v) is 6.27. The monoisotopic (exact) mass is 330 g/mol. The molecule has 4 nitrogen and oxygen atoms in total. The van der Waals surface area contributed by atoms with E-state index in [4.69, 9.17) is 0 Å². The van der Waals surface area contributed by atoms with Gasteiger partial charge >= 0.3 is 0 Å². The predicted molar refractivity (Wildman–Crippen MR) is 80.4 cm³/mol. The van der Waals surface area contributed by atoms with Crippen molar-refractivity contribution in [3.63, 3.8) is 0 Å². The molecule has 0 spiro atoms. The van der Waals surface area contributed by atoms with Gasteiger partial charge in [0.15, 0.2) is 5.16 Å². The molecule has 0 radical (unpaired) electrons. The molecule has 0 aromatic carbocycles. The highest BCUT2D eigenvalue weighted by molar-refractivity contribution is 9.10. The average Bonchev–Trinajstić information content (AvgIpc) is 2.39. The summed E-state index contributed by atoms with van der Waals surface area (Å²) in [5, 5.41) is 0.833. The Kier molecular flexibility index (Phi) is 4.86. The SMILES string of the molecule is CSc1ncc(Br)c(N2CCN(C(C)C)CC2)n1. The van der Waals surface area contributed by atoms with Gasteiger partial charge in [-0.05, 0) is 36.0 Å². The molecule has 1 aliphatic rings. The number of hydrogen-bond donors (Lipinski definition) is 0. The Balaban J connectivity index is 2.09. The number of hydrogen-bond acceptors (Lipinski definition) is 5. The van der Waals surface area contributed by atoms with E-state index in [2.05, 4.69) is 49.5 Å². The van der Waals surface area contributed by atoms with E-state index in [9.17, 15) is 0 Å². The van der Waals surface area contributed by atoms with Crippen LogP contribution in [0.1, 0.15) is 13.8 Å². The maximum absolute atomic E-state index is 4.60. The van der Waals surface area contributed by atoms with Crippen LogP contribution in [0.25, 0.3) is 0 Å². The zero-order valence-corrected chi connectivity index (χ0v) is 13.5. The van der Waals surface area contributed by atoms with Crippen LogP contribution in [0.5, 0.6) is 0 Å². The second kappa shape index (κ2) is 6.21. The molecule has 0 amide bonds. The summed E-state index contributed by atoms with van der Waals surface area (Å²) < 4.78 is 0.985. The zero-order chi connectivity index (χ0) is 13.1. The summed E-state index contributed by atoms with van der Waals surface area (Å²) in [6.07, 6.45) is 3.85. The van der Waals surface area contributed by atoms with Crippen LogP contribution in [0.15, 0.2) is 15.8 Å². The molecule has 1 aromatic heterocycles. The van der Waals surface area contributed by atoms with E-state index < -0.39 is 0 Å². The van der Waals surface area contributed by atoms with Crippen LogP contribution in [0.2, 0.25) is 0 Å². The molecule has 1 aliphatic heterocycles. The largest absolute Gasteiger partial charge is 0.353 e. The molecular weight excluding hydrogens is 312 g/mol. The quantitative estimate of drug-likeness (QED) is 0.628. The lowest BCUT2D eigenvalue weighted by Crippen LogP contribution is -2.49. The Morgan fingerprint density at radius 1 is 1.28 bits per heavy atom. The molecule has 2 heterocycles. The Morgan fingerprint density at radius 3 is 2.50 bits per heavy atom. The van der Waals surface area contributed by atoms with Crippen LogP contribution in [0, 0.1) is 0 Å². The molecule has 0 bridgehead atoms. The molecule has 1 fully saturated rings. The third-order valence-electron chi connectivity index (χ3n) is 3.23. The van der Waals surface area contributed by atoms with Gasteiger partial charge in [0.25, 0.3) is 0 Å². The number of thioether (sulfide) groups is 1. The second-order valence-electron chi connectivity index (χ2n) is 4.65. The standard InChI is InChI=1S/C12H19BrN4S/c1-9(2)16-4-6-17(7-5-16)11-10(13)8-14-12(15-11)18-3/h8-9H,4-7H2,1-3H3. The fourth-order valence-electron chi connectivity index (χ4n) is 2.11. The van der Waals surface area contributed by atoms with Crippen LogP contribution in [-0.2, 0) is 0 Å². The first kappa shape index (κ1) is 14.1. The summed E-state index contributed by atoms with van der Waals surface area (Å²) in [6.45, 7) is 8.76. The van der Waals surface area contributed by atoms with Crippen molar-refractivity contribution in [2.75, 3.05) is 37.3 Å². The van der Waals surface area contributed by atoms with E-state index in [1.54, 1.807) is 11.8 Å². The van der Waals surface area contributed by atoms with Gasteiger partial charge in [0.05, 0.1) is 4.47 Å². The van der Waals surface area contributed by atoms with Crippen molar-refractivity contribution in [3.8, 4) is 0 Å². The maximum atomic E-state index is 4.60. The smallest absolute Gasteiger partial charge is 0.189 e. The predicted octanol–water partition coefficient (Wildman–Crippen LogP) is 2.49. The number of nitrogens with zero attached hydrogens (tertiary/aromatic N) is 4. The van der Waals surface area contributed by atoms with E-state index in [-0.39, 0.29) is 0 Å². The molecule has 1 saturated heterocycles. The Labute approximate surface area is 121 Å². The first-order valence-corrected chi connectivity index (χ1v) is 8.19. The third kappa shape index (κ3) is 3.16. The van der Waals surface area contributed by atoms with Crippen molar-refractivity contribution in [2.45, 2.75) is 25.0 Å². The number of halogens is 1. The van der Waals surface area contributed by atoms with E-state index in [0.29, 0.717) is 6.04 Å². The van der Waals surface area contributed by atoms with Gasteiger partial charge in [-0.1, -0.05) is 11.8 Å². The molecule has 0 atom stereocenters. The van der Waals surface area contributed by atoms with Crippen LogP contribution in [0.3, 0.4) is 0 Å². The fraction of sp³-hybridized carbons (Fsp3) is 0.667. The molecule has 18 heavy (non-hydrogen) atoms. The van der Waals surface area contributed by atoms with E-state index in [1.165, 1.54) is 0 Å². The summed E-state index contributed by atoms with van der Waals surface area (Å²) in [7, 11) is 0. The third-order valence-corrected chi connectivity index (χ3v) is 4.35. The van der Waals surface area contributed by atoms with Gasteiger partial charge in [-0.25, -0.2) is 9.97 Å². The summed E-state index contributed by atoms with van der Waals surface area (Å²) in [5.74, 6) is 1.03. The van der Waals surface area contributed by atoms with Crippen molar-refractivity contribution < 1.29 is 0 Å². The van der Waals surface area contributed by atoms with Gasteiger partial charge in [-0.15, -0.1) is 0 Å². The van der Waals surface area contributed by atoms with Gasteiger partial charge < -0.3 is 4.90 Å². The van der Waals surface area contributed by atoms with E-state index in [0.717, 1.165) is 41.6 Å². The van der Waals surface area contributed by atoms with E-state index in [1.807, 2.05) is 12.5 Å². The topological polar surface area (TPSA) is 32.3 Å². The van der Waals surface area contributed by atoms with Gasteiger partial charge in [-0.3, -0.25) is 4.90 Å². The zero-order valence-electron chi connectivity index (χ0n) is 11.1. The minimum atomic E-state index is 0.628. The molecule has 0 unspecified atom stereocenters. The first-order valence-electron chi connectivity index (χ1n) is 6.17. The lowest BCUT2D eigenvalue weighted by Gasteiger charge is -2.37. The molecule has 1 aromatic rings. The van der Waals surface area contributed by atoms with Gasteiger partial charge in [0, 0.05) is 38.4 Å². The highest BCUT2D eigenvalue weighted by Gasteiger charge is 2.21. The average molecular weight is 331 g/mol. The first-order chi connectivity index (χ1) is 8.61. The fourth-order valence-corrected chi connectivity index (χ4v) is 2.89. The van der Waals surface area contributed by atoms with Crippen molar-refractivity contribution in [3.05, 3.63) is 10.7 Å². The molecule has 0 aliphatic carbocycles. The van der Waals surface area contributed by atoms with Crippen molar-refractivity contribution in [1.29, 1.82) is 0 Å². The van der Waals surface area contributed by atoms with Crippen molar-refractivity contribution in [2.24, 2.45) is 0 Å². The van der Waals surface area contributed by atoms with Crippen LogP contribution in [-0.4, -0.2) is 53.3 Å². The lowest BCUT2D eigenvalue weighted by molar-refractivity contribution is 0.209. The Morgan fingerprint density at radius 2 is 1.94 bits per heavy atom. The minimum Gasteiger partial charge on any atom is -0.353 e. The summed E-state index contributed by atoms with van der Waals surface area (Å²) in [4.78, 5) is 13.7. The molecule has 2 rings (SSSR count). The van der Waals surface area contributed by atoms with Crippen LogP contribution in [0.4, 0.5) is 5.82 Å². The van der Waals surface area contributed by atoms with Gasteiger partial charge in [0.2, 0.25) is 0 Å². The van der Waals surface area contributed by atoms with Gasteiger partial charge in [-0.2, -0.15) is 0 Å². The number of aromatic nitrogens is 2. The van der Waals surface area contributed by atoms with Crippen molar-refractivity contribution in [1.82, 2.24) is 14.9 Å². The van der Waals surface area contributed by atoms with Gasteiger partial charge in [0.1, 0.15) is 5.82 Å². The molecule has 0 saturated carbocycles. The highest BCUT2D eigenvalue weighted by atomic mass is 79.9. The summed E-state index contributed by atoms with van der Waals surface area (Å²) >= 11 is 5.13. The van der Waals surface area contributed by atoms with Crippen LogP contribution >= 0.6 is 27.7 Å². The van der Waals surface area contributed by atoms with Crippen molar-refractivity contribution >= 4 is 33.5 Å².